The van der Waals surface area contributed by atoms with Crippen LogP contribution in [0.15, 0.2) is 18.2 Å². The molecule has 0 aromatic heterocycles. The molecule has 28 heavy (non-hydrogen) atoms. The number of amides is 2. The number of hydrogen-bond donors (Lipinski definition) is 2. The van der Waals surface area contributed by atoms with E-state index in [1.165, 1.54) is 11.0 Å². The molecule has 5 nitrogen and oxygen atoms in total. The predicted molar refractivity (Wildman–Crippen MR) is 105 cm³/mol. The highest BCUT2D eigenvalue weighted by atomic mass is 35.5. The van der Waals surface area contributed by atoms with Gasteiger partial charge in [-0.1, -0.05) is 12.8 Å². The van der Waals surface area contributed by atoms with E-state index in [2.05, 4.69) is 5.32 Å². The van der Waals surface area contributed by atoms with Crippen molar-refractivity contribution >= 4 is 24.2 Å². The first-order valence-corrected chi connectivity index (χ1v) is 9.74. The number of likely N-dealkylation sites (tertiary alicyclic amines) is 1. The number of nitrogens with zero attached hydrogens (tertiary/aromatic N) is 1. The van der Waals surface area contributed by atoms with Gasteiger partial charge in [-0.15, -0.1) is 12.4 Å². The third-order valence-corrected chi connectivity index (χ3v) is 5.85. The van der Waals surface area contributed by atoms with E-state index in [9.17, 15) is 18.4 Å². The van der Waals surface area contributed by atoms with Crippen LogP contribution in [0.2, 0.25) is 0 Å². The highest BCUT2D eigenvalue weighted by Crippen LogP contribution is 2.25. The van der Waals surface area contributed by atoms with E-state index in [-0.39, 0.29) is 35.8 Å². The van der Waals surface area contributed by atoms with Crippen molar-refractivity contribution in [3.05, 3.63) is 35.4 Å². The molecule has 1 aliphatic carbocycles. The van der Waals surface area contributed by atoms with Crippen molar-refractivity contribution in [2.24, 2.45) is 17.6 Å². The third-order valence-electron chi connectivity index (χ3n) is 5.85. The number of benzene rings is 1. The third kappa shape index (κ3) is 5.20. The summed E-state index contributed by atoms with van der Waals surface area (Å²) >= 11 is 0. The van der Waals surface area contributed by atoms with E-state index in [1.54, 1.807) is 0 Å². The first-order valence-electron chi connectivity index (χ1n) is 9.74. The van der Waals surface area contributed by atoms with E-state index >= 15 is 0 Å². The van der Waals surface area contributed by atoms with Gasteiger partial charge in [-0.25, -0.2) is 8.78 Å². The minimum atomic E-state index is -0.856. The molecule has 0 radical (unpaired) electrons. The van der Waals surface area contributed by atoms with Crippen molar-refractivity contribution in [1.29, 1.82) is 0 Å². The van der Waals surface area contributed by atoms with Crippen molar-refractivity contribution in [2.75, 3.05) is 19.6 Å². The minimum Gasteiger partial charge on any atom is -0.353 e. The standard InChI is InChI=1S/C20H27F2N3O2.ClH/c21-15-5-6-16(17(22)11-15)20(27)25-9-7-13(8-10-25)19(26)24-18-4-2-1-3-14(18)12-23;/h5-6,11,13-14,18H,1-4,7-10,12,23H2,(H,24,26);1H. The maximum Gasteiger partial charge on any atom is 0.256 e. The molecule has 1 saturated carbocycles. The fraction of sp³-hybridized carbons (Fsp3) is 0.600. The summed E-state index contributed by atoms with van der Waals surface area (Å²) in [5.74, 6) is -1.80. The smallest absolute Gasteiger partial charge is 0.256 e. The normalized spacial score (nSPS) is 23.0. The molecule has 1 aromatic rings. The van der Waals surface area contributed by atoms with Crippen molar-refractivity contribution < 1.29 is 18.4 Å². The summed E-state index contributed by atoms with van der Waals surface area (Å²) in [6, 6.07) is 3.10. The maximum absolute atomic E-state index is 13.8. The number of nitrogens with two attached hydrogens (primary N) is 1. The van der Waals surface area contributed by atoms with Crippen LogP contribution in [-0.4, -0.2) is 42.4 Å². The van der Waals surface area contributed by atoms with Crippen LogP contribution in [0.4, 0.5) is 8.78 Å². The quantitative estimate of drug-likeness (QED) is 0.794. The molecule has 2 fully saturated rings. The zero-order valence-corrected chi connectivity index (χ0v) is 16.6. The molecule has 156 valence electrons. The second-order valence-corrected chi connectivity index (χ2v) is 7.59. The van der Waals surface area contributed by atoms with Crippen LogP contribution >= 0.6 is 12.4 Å². The SMILES string of the molecule is Cl.NCC1CCCCC1NC(=O)C1CCN(C(=O)c2ccc(F)cc2F)CC1. The lowest BCUT2D eigenvalue weighted by atomic mass is 9.84. The van der Waals surface area contributed by atoms with Gasteiger partial charge in [0.25, 0.3) is 5.91 Å². The summed E-state index contributed by atoms with van der Waals surface area (Å²) in [6.07, 6.45) is 5.37. The molecule has 2 aliphatic rings. The van der Waals surface area contributed by atoms with Gasteiger partial charge in [-0.3, -0.25) is 9.59 Å². The Hall–Kier alpha value is -1.73. The lowest BCUT2D eigenvalue weighted by molar-refractivity contribution is -0.127. The minimum absolute atomic E-state index is 0. The molecule has 2 atom stereocenters. The Morgan fingerprint density at radius 2 is 1.79 bits per heavy atom. The fourth-order valence-corrected chi connectivity index (χ4v) is 4.16. The van der Waals surface area contributed by atoms with Crippen LogP contribution in [0.3, 0.4) is 0 Å². The zero-order valence-electron chi connectivity index (χ0n) is 15.8. The van der Waals surface area contributed by atoms with Crippen LogP contribution in [0.25, 0.3) is 0 Å². The number of piperidine rings is 1. The molecule has 3 N–H and O–H groups in total. The van der Waals surface area contributed by atoms with Gasteiger partial charge < -0.3 is 16.0 Å². The Balaban J connectivity index is 0.00000280. The van der Waals surface area contributed by atoms with E-state index in [4.69, 9.17) is 5.73 Å². The van der Waals surface area contributed by atoms with Crippen molar-refractivity contribution in [3.63, 3.8) is 0 Å². The number of carbonyl (C=O) groups is 2. The van der Waals surface area contributed by atoms with E-state index in [0.717, 1.165) is 31.7 Å². The topological polar surface area (TPSA) is 75.4 Å². The Morgan fingerprint density at radius 3 is 2.43 bits per heavy atom. The molecule has 1 saturated heterocycles. The van der Waals surface area contributed by atoms with Gasteiger partial charge in [0.05, 0.1) is 5.56 Å². The average Bonchev–Trinajstić information content (AvgIpc) is 2.68. The van der Waals surface area contributed by atoms with Crippen molar-refractivity contribution in [2.45, 2.75) is 44.6 Å². The highest BCUT2D eigenvalue weighted by molar-refractivity contribution is 5.94. The van der Waals surface area contributed by atoms with Gasteiger partial charge in [0.1, 0.15) is 11.6 Å². The summed E-state index contributed by atoms with van der Waals surface area (Å²) < 4.78 is 26.9. The van der Waals surface area contributed by atoms with Gasteiger partial charge in [0.2, 0.25) is 5.91 Å². The Bertz CT molecular complexity index is 696. The molecule has 1 aliphatic heterocycles. The Labute approximate surface area is 170 Å². The van der Waals surface area contributed by atoms with E-state index < -0.39 is 17.5 Å². The fourth-order valence-electron chi connectivity index (χ4n) is 4.16. The number of halogens is 3. The molecule has 2 amide bonds. The summed E-state index contributed by atoms with van der Waals surface area (Å²) in [4.78, 5) is 26.6. The number of rotatable bonds is 4. The predicted octanol–water partition coefficient (Wildman–Crippen LogP) is 2.87. The highest BCUT2D eigenvalue weighted by Gasteiger charge is 2.32. The molecule has 3 rings (SSSR count). The molecule has 1 heterocycles. The lowest BCUT2D eigenvalue weighted by Crippen LogP contribution is -2.49. The molecule has 8 heteroatoms. The summed E-state index contributed by atoms with van der Waals surface area (Å²) in [5, 5.41) is 3.16. The van der Waals surface area contributed by atoms with Crippen molar-refractivity contribution in [1.82, 2.24) is 10.2 Å². The molecule has 2 unspecified atom stereocenters. The van der Waals surface area contributed by atoms with Crippen LogP contribution in [0.1, 0.15) is 48.9 Å². The second-order valence-electron chi connectivity index (χ2n) is 7.59. The Morgan fingerprint density at radius 1 is 1.11 bits per heavy atom. The van der Waals surface area contributed by atoms with Crippen molar-refractivity contribution in [3.8, 4) is 0 Å². The monoisotopic (exact) mass is 415 g/mol. The summed E-state index contributed by atoms with van der Waals surface area (Å²) in [7, 11) is 0. The second kappa shape index (κ2) is 10.2. The molecular weight excluding hydrogens is 388 g/mol. The van der Waals surface area contributed by atoms with Crippen LogP contribution < -0.4 is 11.1 Å². The molecule has 1 aromatic carbocycles. The summed E-state index contributed by atoms with van der Waals surface area (Å²) in [6.45, 7) is 1.36. The van der Waals surface area contributed by atoms with Gasteiger partial charge in [0.15, 0.2) is 0 Å². The largest absolute Gasteiger partial charge is 0.353 e. The Kier molecular flexibility index (Phi) is 8.19. The average molecular weight is 416 g/mol. The van der Waals surface area contributed by atoms with Gasteiger partial charge in [-0.05, 0) is 50.3 Å². The van der Waals surface area contributed by atoms with Crippen LogP contribution in [0.5, 0.6) is 0 Å². The van der Waals surface area contributed by atoms with Crippen LogP contribution in [0, 0.1) is 23.5 Å². The maximum atomic E-state index is 13.8. The first kappa shape index (κ1) is 22.6. The van der Waals surface area contributed by atoms with Crippen LogP contribution in [-0.2, 0) is 4.79 Å². The van der Waals surface area contributed by atoms with E-state index in [0.29, 0.717) is 44.5 Å². The number of nitrogens with one attached hydrogen (secondary N) is 1. The first-order chi connectivity index (χ1) is 13.0. The number of hydrogen-bond acceptors (Lipinski definition) is 3. The van der Waals surface area contributed by atoms with Gasteiger partial charge >= 0.3 is 0 Å². The molecule has 0 spiro atoms. The molecule has 0 bridgehead atoms. The van der Waals surface area contributed by atoms with Gasteiger partial charge in [0, 0.05) is 31.1 Å². The lowest BCUT2D eigenvalue weighted by Gasteiger charge is -2.35. The van der Waals surface area contributed by atoms with Gasteiger partial charge in [-0.2, -0.15) is 0 Å². The summed E-state index contributed by atoms with van der Waals surface area (Å²) in [5.41, 5.74) is 5.69. The number of carbonyl (C=O) groups excluding carboxylic acids is 2. The van der Waals surface area contributed by atoms with E-state index in [1.807, 2.05) is 0 Å². The zero-order chi connectivity index (χ0) is 19.4. The molecular formula is C20H28ClF2N3O2.